The van der Waals surface area contributed by atoms with Crippen molar-refractivity contribution in [3.63, 3.8) is 0 Å². The molecule has 3 heteroatoms. The van der Waals surface area contributed by atoms with Crippen molar-refractivity contribution in [2.45, 2.75) is 63.1 Å². The highest BCUT2D eigenvalue weighted by Gasteiger charge is 2.51. The van der Waals surface area contributed by atoms with E-state index in [1.807, 2.05) is 0 Å². The minimum Gasteiger partial charge on any atom is -0.314 e. The molecular weight excluding hydrogens is 186 g/mol. The van der Waals surface area contributed by atoms with Gasteiger partial charge >= 0.3 is 0 Å². The first kappa shape index (κ1) is 9.76. The third-order valence-corrected chi connectivity index (χ3v) is 4.34. The Hall–Kier alpha value is -0.440. The molecule has 0 amide bonds. The van der Waals surface area contributed by atoms with Crippen LogP contribution in [0.4, 0.5) is 0 Å². The van der Waals surface area contributed by atoms with Crippen molar-refractivity contribution in [1.82, 2.24) is 5.32 Å². The molecule has 2 heterocycles. The van der Waals surface area contributed by atoms with Gasteiger partial charge in [-0.3, -0.25) is 0 Å². The van der Waals surface area contributed by atoms with Gasteiger partial charge in [0, 0.05) is 12.0 Å². The summed E-state index contributed by atoms with van der Waals surface area (Å²) in [5.74, 6) is 0.712. The molecule has 84 valence electrons. The molecule has 0 bridgehead atoms. The molecule has 1 saturated carbocycles. The van der Waals surface area contributed by atoms with E-state index in [4.69, 9.17) is 0 Å². The second-order valence-electron chi connectivity index (χ2n) is 5.34. The van der Waals surface area contributed by atoms with Crippen LogP contribution in [0, 0.1) is 5.92 Å². The van der Waals surface area contributed by atoms with Crippen molar-refractivity contribution in [3.05, 3.63) is 0 Å². The molecule has 2 atom stereocenters. The Morgan fingerprint density at radius 2 is 1.80 bits per heavy atom. The highest BCUT2D eigenvalue weighted by atomic mass is 15.4. The largest absolute Gasteiger partial charge is 0.314 e. The first-order chi connectivity index (χ1) is 7.41. The van der Waals surface area contributed by atoms with Crippen LogP contribution < -0.4 is 5.32 Å². The molecule has 1 aliphatic carbocycles. The highest BCUT2D eigenvalue weighted by molar-refractivity contribution is 5.05. The van der Waals surface area contributed by atoms with Crippen LogP contribution in [0.5, 0.6) is 0 Å². The van der Waals surface area contributed by atoms with Crippen LogP contribution in [0.1, 0.15) is 51.4 Å². The van der Waals surface area contributed by atoms with Gasteiger partial charge in [-0.15, -0.1) is 0 Å². The number of nitrogens with one attached hydrogen (secondary N) is 1. The summed E-state index contributed by atoms with van der Waals surface area (Å²) in [6.07, 6.45) is 10.8. The summed E-state index contributed by atoms with van der Waals surface area (Å²) in [4.78, 5) is 0. The Labute approximate surface area is 91.7 Å². The molecule has 2 fully saturated rings. The Morgan fingerprint density at radius 3 is 2.67 bits per heavy atom. The molecule has 2 aliphatic heterocycles. The van der Waals surface area contributed by atoms with Crippen LogP contribution in [0.25, 0.3) is 0 Å². The maximum absolute atomic E-state index is 4.37. The summed E-state index contributed by atoms with van der Waals surface area (Å²) in [5.41, 5.74) is 0.0836. The van der Waals surface area contributed by atoms with Crippen LogP contribution in [0.15, 0.2) is 10.2 Å². The van der Waals surface area contributed by atoms with E-state index in [0.29, 0.717) is 12.0 Å². The van der Waals surface area contributed by atoms with Crippen molar-refractivity contribution in [1.29, 1.82) is 0 Å². The predicted molar refractivity (Wildman–Crippen MR) is 59.8 cm³/mol. The molecule has 0 aromatic carbocycles. The molecule has 0 aromatic heterocycles. The monoisotopic (exact) mass is 207 g/mol. The van der Waals surface area contributed by atoms with Crippen molar-refractivity contribution in [2.75, 3.05) is 6.54 Å². The molecule has 3 rings (SSSR count). The van der Waals surface area contributed by atoms with E-state index in [-0.39, 0.29) is 5.66 Å². The number of hydrogen-bond acceptors (Lipinski definition) is 3. The van der Waals surface area contributed by atoms with Crippen LogP contribution in [0.2, 0.25) is 0 Å². The van der Waals surface area contributed by atoms with Gasteiger partial charge in [0.25, 0.3) is 0 Å². The zero-order chi connectivity index (χ0) is 10.1. The van der Waals surface area contributed by atoms with Gasteiger partial charge in [-0.25, -0.2) is 0 Å². The first-order valence-electron chi connectivity index (χ1n) is 6.58. The Kier molecular flexibility index (Phi) is 2.51. The predicted octanol–water partition coefficient (Wildman–Crippen LogP) is 2.87. The van der Waals surface area contributed by atoms with Gasteiger partial charge in [-0.1, -0.05) is 19.3 Å². The standard InChI is InChI=1S/C12H21N3/c1-2-7-11(13-9-5-1)10-6-3-4-8-12(10)14-15-12/h10-11,13H,1-9H2. The van der Waals surface area contributed by atoms with Gasteiger partial charge in [0.2, 0.25) is 0 Å². The Bertz CT molecular complexity index is 248. The smallest absolute Gasteiger partial charge is 0.195 e. The lowest BCUT2D eigenvalue weighted by Crippen LogP contribution is -2.44. The van der Waals surface area contributed by atoms with Crippen LogP contribution >= 0.6 is 0 Å². The van der Waals surface area contributed by atoms with Gasteiger partial charge in [-0.05, 0) is 38.6 Å². The average Bonchev–Trinajstić information content (AvgIpc) is 3.04. The van der Waals surface area contributed by atoms with E-state index in [1.165, 1.54) is 57.9 Å². The quantitative estimate of drug-likeness (QED) is 0.705. The van der Waals surface area contributed by atoms with Gasteiger partial charge < -0.3 is 5.32 Å². The van der Waals surface area contributed by atoms with Gasteiger partial charge in [0.05, 0.1) is 0 Å². The van der Waals surface area contributed by atoms with E-state index in [0.717, 1.165) is 0 Å². The molecule has 3 nitrogen and oxygen atoms in total. The Morgan fingerprint density at radius 1 is 0.933 bits per heavy atom. The molecular formula is C12H21N3. The third kappa shape index (κ3) is 1.82. The van der Waals surface area contributed by atoms with Gasteiger partial charge in [0.1, 0.15) is 0 Å². The number of hydrogen-bond donors (Lipinski definition) is 1. The van der Waals surface area contributed by atoms with E-state index < -0.39 is 0 Å². The van der Waals surface area contributed by atoms with Gasteiger partial charge in [-0.2, -0.15) is 10.2 Å². The summed E-state index contributed by atoms with van der Waals surface area (Å²) >= 11 is 0. The molecule has 2 unspecified atom stereocenters. The van der Waals surface area contributed by atoms with Crippen molar-refractivity contribution in [3.8, 4) is 0 Å². The summed E-state index contributed by atoms with van der Waals surface area (Å²) in [6, 6.07) is 0.697. The summed E-state index contributed by atoms with van der Waals surface area (Å²) in [5, 5.41) is 12.5. The molecule has 0 aromatic rings. The van der Waals surface area contributed by atoms with Crippen LogP contribution in [-0.2, 0) is 0 Å². The molecule has 3 aliphatic rings. The SMILES string of the molecule is C1CCNC(C2CCCCC23N=N3)CC1. The minimum atomic E-state index is 0.0836. The summed E-state index contributed by atoms with van der Waals surface area (Å²) in [7, 11) is 0. The van der Waals surface area contributed by atoms with Crippen molar-refractivity contribution >= 4 is 0 Å². The fourth-order valence-corrected chi connectivity index (χ4v) is 3.40. The normalized spacial score (nSPS) is 38.9. The average molecular weight is 207 g/mol. The van der Waals surface area contributed by atoms with Crippen molar-refractivity contribution < 1.29 is 0 Å². The summed E-state index contributed by atoms with van der Waals surface area (Å²) in [6.45, 7) is 1.21. The molecule has 1 saturated heterocycles. The van der Waals surface area contributed by atoms with Crippen LogP contribution in [-0.4, -0.2) is 18.2 Å². The summed E-state index contributed by atoms with van der Waals surface area (Å²) < 4.78 is 0. The zero-order valence-electron chi connectivity index (χ0n) is 9.41. The zero-order valence-corrected chi connectivity index (χ0v) is 9.41. The molecule has 0 radical (unpaired) electrons. The fraction of sp³-hybridized carbons (Fsp3) is 1.00. The lowest BCUT2D eigenvalue weighted by molar-refractivity contribution is 0.200. The maximum atomic E-state index is 4.37. The first-order valence-corrected chi connectivity index (χ1v) is 6.58. The fourth-order valence-electron chi connectivity index (χ4n) is 3.40. The number of rotatable bonds is 1. The molecule has 15 heavy (non-hydrogen) atoms. The topological polar surface area (TPSA) is 36.8 Å². The van der Waals surface area contributed by atoms with E-state index in [1.54, 1.807) is 0 Å². The molecule has 1 spiro atoms. The lowest BCUT2D eigenvalue weighted by Gasteiger charge is -2.34. The Balaban J connectivity index is 1.68. The second-order valence-corrected chi connectivity index (χ2v) is 5.34. The number of nitrogens with zero attached hydrogens (tertiary/aromatic N) is 2. The van der Waals surface area contributed by atoms with E-state index in [2.05, 4.69) is 15.5 Å². The second kappa shape index (κ2) is 3.85. The van der Waals surface area contributed by atoms with E-state index >= 15 is 0 Å². The molecule has 1 N–H and O–H groups in total. The maximum Gasteiger partial charge on any atom is 0.195 e. The minimum absolute atomic E-state index is 0.0836. The highest BCUT2D eigenvalue weighted by Crippen LogP contribution is 2.48. The third-order valence-electron chi connectivity index (χ3n) is 4.34. The van der Waals surface area contributed by atoms with E-state index in [9.17, 15) is 0 Å². The lowest BCUT2D eigenvalue weighted by atomic mass is 9.76. The van der Waals surface area contributed by atoms with Crippen molar-refractivity contribution in [2.24, 2.45) is 16.1 Å². The van der Waals surface area contributed by atoms with Gasteiger partial charge in [0.15, 0.2) is 5.66 Å². The van der Waals surface area contributed by atoms with Crippen LogP contribution in [0.3, 0.4) is 0 Å².